The number of hydrogen-bond donors (Lipinski definition) is 3. The number of nitrogens with zero attached hydrogens (tertiary/aromatic N) is 2. The molecule has 1 atom stereocenters. The maximum absolute atomic E-state index is 12.7. The molecule has 3 rings (SSSR count). The highest BCUT2D eigenvalue weighted by Gasteiger charge is 2.13. The molecule has 1 aromatic heterocycles. The lowest BCUT2D eigenvalue weighted by Gasteiger charge is -2.16. The summed E-state index contributed by atoms with van der Waals surface area (Å²) in [6, 6.07) is 18.6. The van der Waals surface area contributed by atoms with Crippen LogP contribution in [-0.2, 0) is 4.79 Å². The van der Waals surface area contributed by atoms with Crippen LogP contribution in [0.3, 0.4) is 0 Å². The summed E-state index contributed by atoms with van der Waals surface area (Å²) in [6.45, 7) is 5.20. The minimum Gasteiger partial charge on any atom is -0.363 e. The number of carbonyl (C=O) groups is 2. The van der Waals surface area contributed by atoms with E-state index in [1.807, 2.05) is 37.3 Å². The highest BCUT2D eigenvalue weighted by molar-refractivity contribution is 6.03. The Balaban J connectivity index is 1.75. The van der Waals surface area contributed by atoms with Crippen molar-refractivity contribution in [2.24, 2.45) is 0 Å². The van der Waals surface area contributed by atoms with Crippen molar-refractivity contribution in [2.45, 2.75) is 26.8 Å². The Labute approximate surface area is 169 Å². The Bertz CT molecular complexity index is 1020. The number of benzene rings is 2. The molecule has 0 saturated heterocycles. The van der Waals surface area contributed by atoms with E-state index in [4.69, 9.17) is 0 Å². The maximum Gasteiger partial charge on any atom is 0.274 e. The Hall–Kier alpha value is -3.74. The van der Waals surface area contributed by atoms with Gasteiger partial charge in [0.25, 0.3) is 5.91 Å². The molecule has 0 spiro atoms. The molecule has 148 valence electrons. The summed E-state index contributed by atoms with van der Waals surface area (Å²) in [7, 11) is 0. The molecule has 29 heavy (non-hydrogen) atoms. The van der Waals surface area contributed by atoms with Gasteiger partial charge in [0.2, 0.25) is 5.91 Å². The van der Waals surface area contributed by atoms with Gasteiger partial charge in [-0.2, -0.15) is 0 Å². The quantitative estimate of drug-likeness (QED) is 0.588. The molecule has 7 heteroatoms. The van der Waals surface area contributed by atoms with Crippen molar-refractivity contribution in [3.63, 3.8) is 0 Å². The summed E-state index contributed by atoms with van der Waals surface area (Å²) in [6.07, 6.45) is 0. The summed E-state index contributed by atoms with van der Waals surface area (Å²) in [5, 5.41) is 8.80. The number of carbonyl (C=O) groups excluding carboxylic acids is 2. The van der Waals surface area contributed by atoms with Crippen LogP contribution in [0.15, 0.2) is 60.7 Å². The second-order valence-corrected chi connectivity index (χ2v) is 6.68. The number of rotatable bonds is 6. The fourth-order valence-electron chi connectivity index (χ4n) is 2.88. The number of aromatic nitrogens is 2. The third-order valence-electron chi connectivity index (χ3n) is 4.18. The van der Waals surface area contributed by atoms with Crippen LogP contribution < -0.4 is 16.0 Å². The van der Waals surface area contributed by atoms with Crippen molar-refractivity contribution in [2.75, 3.05) is 16.0 Å². The summed E-state index contributed by atoms with van der Waals surface area (Å²) >= 11 is 0. The summed E-state index contributed by atoms with van der Waals surface area (Å²) in [5.74, 6) is 0.535. The normalized spacial score (nSPS) is 11.4. The number of aryl methyl sites for hydroxylation is 1. The van der Waals surface area contributed by atoms with Gasteiger partial charge in [-0.1, -0.05) is 36.4 Å². The van der Waals surface area contributed by atoms with Gasteiger partial charge in [-0.15, -0.1) is 0 Å². The minimum atomic E-state index is -0.356. The van der Waals surface area contributed by atoms with Crippen molar-refractivity contribution in [1.29, 1.82) is 0 Å². The molecule has 0 saturated carbocycles. The first kappa shape index (κ1) is 20.0. The van der Waals surface area contributed by atoms with Crippen LogP contribution in [0, 0.1) is 6.92 Å². The van der Waals surface area contributed by atoms with E-state index < -0.39 is 0 Å². The van der Waals surface area contributed by atoms with E-state index in [2.05, 4.69) is 25.9 Å². The van der Waals surface area contributed by atoms with Crippen molar-refractivity contribution in [3.8, 4) is 0 Å². The van der Waals surface area contributed by atoms with E-state index in [1.165, 1.54) is 6.92 Å². The van der Waals surface area contributed by atoms with E-state index in [0.29, 0.717) is 23.0 Å². The first-order valence-electron chi connectivity index (χ1n) is 9.27. The molecule has 1 heterocycles. The monoisotopic (exact) mass is 389 g/mol. The number of anilines is 3. The molecular formula is C22H23N5O2. The Kier molecular flexibility index (Phi) is 6.19. The van der Waals surface area contributed by atoms with Gasteiger partial charge in [-0.05, 0) is 37.6 Å². The minimum absolute atomic E-state index is 0.0238. The maximum atomic E-state index is 12.7. The van der Waals surface area contributed by atoms with E-state index in [-0.39, 0.29) is 23.6 Å². The van der Waals surface area contributed by atoms with E-state index in [1.54, 1.807) is 37.3 Å². The highest BCUT2D eigenvalue weighted by atomic mass is 16.2. The second kappa shape index (κ2) is 8.97. The number of hydrogen-bond acceptors (Lipinski definition) is 5. The van der Waals surface area contributed by atoms with Crippen molar-refractivity contribution < 1.29 is 9.59 Å². The molecule has 7 nitrogen and oxygen atoms in total. The molecule has 0 aliphatic heterocycles. The zero-order valence-corrected chi connectivity index (χ0v) is 16.6. The van der Waals surface area contributed by atoms with Gasteiger partial charge >= 0.3 is 0 Å². The molecule has 0 bridgehead atoms. The van der Waals surface area contributed by atoms with Gasteiger partial charge in [-0.25, -0.2) is 9.97 Å². The highest BCUT2D eigenvalue weighted by Crippen LogP contribution is 2.19. The van der Waals surface area contributed by atoms with Crippen LogP contribution in [0.1, 0.15) is 41.8 Å². The van der Waals surface area contributed by atoms with Gasteiger partial charge in [0.1, 0.15) is 17.3 Å². The smallest absolute Gasteiger partial charge is 0.274 e. The summed E-state index contributed by atoms with van der Waals surface area (Å²) in [4.78, 5) is 32.5. The molecule has 0 aliphatic carbocycles. The molecule has 0 fully saturated rings. The molecule has 2 amide bonds. The van der Waals surface area contributed by atoms with Crippen LogP contribution in [-0.4, -0.2) is 21.8 Å². The molecule has 3 N–H and O–H groups in total. The Morgan fingerprint density at radius 2 is 1.59 bits per heavy atom. The standard InChI is InChI=1S/C22H23N5O2/c1-14(17-8-5-4-6-9-17)23-21-13-20(24-15(2)25-21)22(29)27-19-11-7-10-18(12-19)26-16(3)28/h4-14H,1-3H3,(H,26,28)(H,27,29)(H,23,24,25). The first-order valence-corrected chi connectivity index (χ1v) is 9.27. The van der Waals surface area contributed by atoms with Crippen LogP contribution in [0.5, 0.6) is 0 Å². The molecule has 1 unspecified atom stereocenters. The molecule has 0 aliphatic rings. The van der Waals surface area contributed by atoms with E-state index in [9.17, 15) is 9.59 Å². The van der Waals surface area contributed by atoms with Gasteiger partial charge < -0.3 is 16.0 Å². The Morgan fingerprint density at radius 3 is 2.28 bits per heavy atom. The van der Waals surface area contributed by atoms with Crippen LogP contribution >= 0.6 is 0 Å². The predicted molar refractivity (Wildman–Crippen MR) is 114 cm³/mol. The van der Waals surface area contributed by atoms with Crippen LogP contribution in [0.4, 0.5) is 17.2 Å². The second-order valence-electron chi connectivity index (χ2n) is 6.68. The zero-order chi connectivity index (χ0) is 20.8. The summed E-state index contributed by atoms with van der Waals surface area (Å²) < 4.78 is 0. The van der Waals surface area contributed by atoms with Gasteiger partial charge in [-0.3, -0.25) is 9.59 Å². The zero-order valence-electron chi connectivity index (χ0n) is 16.6. The lowest BCUT2D eigenvalue weighted by Crippen LogP contribution is -2.17. The lowest BCUT2D eigenvalue weighted by molar-refractivity contribution is -0.114. The largest absolute Gasteiger partial charge is 0.363 e. The number of amides is 2. The molecular weight excluding hydrogens is 366 g/mol. The third kappa shape index (κ3) is 5.62. The van der Waals surface area contributed by atoms with Gasteiger partial charge in [0.15, 0.2) is 0 Å². The van der Waals surface area contributed by atoms with Gasteiger partial charge in [0, 0.05) is 30.4 Å². The van der Waals surface area contributed by atoms with Crippen molar-refractivity contribution in [3.05, 3.63) is 77.7 Å². The molecule has 3 aromatic rings. The van der Waals surface area contributed by atoms with E-state index in [0.717, 1.165) is 5.56 Å². The van der Waals surface area contributed by atoms with Crippen LogP contribution in [0.2, 0.25) is 0 Å². The van der Waals surface area contributed by atoms with Crippen molar-refractivity contribution in [1.82, 2.24) is 9.97 Å². The Morgan fingerprint density at radius 1 is 0.897 bits per heavy atom. The van der Waals surface area contributed by atoms with E-state index >= 15 is 0 Å². The molecule has 2 aromatic carbocycles. The topological polar surface area (TPSA) is 96.0 Å². The van der Waals surface area contributed by atoms with Gasteiger partial charge in [0.05, 0.1) is 0 Å². The third-order valence-corrected chi connectivity index (χ3v) is 4.18. The average molecular weight is 389 g/mol. The SMILES string of the molecule is CC(=O)Nc1cccc(NC(=O)c2cc(NC(C)c3ccccc3)nc(C)n2)c1. The molecule has 0 radical (unpaired) electrons. The predicted octanol–water partition coefficient (Wildman–Crippen LogP) is 4.17. The average Bonchev–Trinajstić information content (AvgIpc) is 2.68. The number of nitrogens with one attached hydrogen (secondary N) is 3. The lowest BCUT2D eigenvalue weighted by atomic mass is 10.1. The van der Waals surface area contributed by atoms with Crippen LogP contribution in [0.25, 0.3) is 0 Å². The summed E-state index contributed by atoms with van der Waals surface area (Å²) in [5.41, 5.74) is 2.53. The first-order chi connectivity index (χ1) is 13.9. The van der Waals surface area contributed by atoms with Crippen molar-refractivity contribution >= 4 is 29.0 Å². The fourth-order valence-corrected chi connectivity index (χ4v) is 2.88. The fraction of sp³-hybridized carbons (Fsp3) is 0.182.